The average Bonchev–Trinajstić information content (AvgIpc) is 3.30. The van der Waals surface area contributed by atoms with Crippen LogP contribution in [-0.2, 0) is 36.7 Å². The van der Waals surface area contributed by atoms with Gasteiger partial charge in [-0.1, -0.05) is 95.6 Å². The van der Waals surface area contributed by atoms with Crippen molar-refractivity contribution in [3.63, 3.8) is 0 Å². The van der Waals surface area contributed by atoms with Crippen molar-refractivity contribution in [3.8, 4) is 33.8 Å². The van der Waals surface area contributed by atoms with Crippen LogP contribution in [0.15, 0.2) is 114 Å². The fourth-order valence-corrected chi connectivity index (χ4v) is 10.6. The Kier molecular flexibility index (Phi) is 20.4. The van der Waals surface area contributed by atoms with Gasteiger partial charge < -0.3 is 20.5 Å². The van der Waals surface area contributed by atoms with Gasteiger partial charge in [0.05, 0.1) is 17.1 Å². The first kappa shape index (κ1) is 56.3. The van der Waals surface area contributed by atoms with Gasteiger partial charge in [-0.25, -0.2) is 8.78 Å². The van der Waals surface area contributed by atoms with E-state index in [0.29, 0.717) is 48.2 Å². The van der Waals surface area contributed by atoms with Gasteiger partial charge in [-0.2, -0.15) is 8.42 Å². The van der Waals surface area contributed by atoms with E-state index in [-0.39, 0.29) is 46.3 Å². The standard InChI is InChI=1S/C26H34FNO2.C17H26O3S.C16H16FNO2/c1-18(29)28-15-14-19-8-11-24(17-25(19)20-6-5-7-22(27)16-20)30-23-12-9-21(10-13-23)26(2,3)4;1-13-5-11-16(12-6-13)21(18,19)20-15-9-7-14(8-10-15)17(2,3)4;1-11(19)18-8-7-12-5-6-15(20)10-16(12)13-3-2-4-14(17)9-13/h5-8,11,16-17,21,23H,9-10,12-15H2,1-4H3,(H,28,29);5-6,11-12,14-15H,7-10H2,1-4H3;2-6,9-10,20H,7-8H2,1H3,(H,18,19). The number of amides is 2. The van der Waals surface area contributed by atoms with Crippen LogP contribution in [0.1, 0.15) is 123 Å². The third-order valence-corrected chi connectivity index (χ3v) is 15.0. The molecule has 0 atom stereocenters. The second-order valence-electron chi connectivity index (χ2n) is 21.3. The maximum Gasteiger partial charge on any atom is 0.297 e. The van der Waals surface area contributed by atoms with Crippen molar-refractivity contribution in [2.75, 3.05) is 13.1 Å². The first-order chi connectivity index (χ1) is 33.5. The largest absolute Gasteiger partial charge is 0.508 e. The van der Waals surface area contributed by atoms with Gasteiger partial charge in [-0.3, -0.25) is 13.8 Å². The topological polar surface area (TPSA) is 131 Å². The Bertz CT molecular complexity index is 2620. The molecule has 5 aromatic carbocycles. The minimum Gasteiger partial charge on any atom is -0.508 e. The number of rotatable bonds is 13. The predicted molar refractivity (Wildman–Crippen MR) is 281 cm³/mol. The van der Waals surface area contributed by atoms with Gasteiger partial charge in [-0.05, 0) is 188 Å². The third-order valence-electron chi connectivity index (χ3n) is 13.7. The maximum absolute atomic E-state index is 13.9. The van der Waals surface area contributed by atoms with Crippen LogP contribution >= 0.6 is 0 Å². The lowest BCUT2D eigenvalue weighted by Gasteiger charge is -2.37. The zero-order valence-corrected chi connectivity index (χ0v) is 44.1. The van der Waals surface area contributed by atoms with E-state index in [1.807, 2.05) is 31.2 Å². The van der Waals surface area contributed by atoms with Gasteiger partial charge in [0.1, 0.15) is 23.1 Å². The Morgan fingerprint density at radius 2 is 1.06 bits per heavy atom. The van der Waals surface area contributed by atoms with Gasteiger partial charge in [0, 0.05) is 26.9 Å². The molecule has 71 heavy (non-hydrogen) atoms. The summed E-state index contributed by atoms with van der Waals surface area (Å²) >= 11 is 0. The molecule has 0 aliphatic heterocycles. The van der Waals surface area contributed by atoms with Gasteiger partial charge in [0.2, 0.25) is 11.8 Å². The van der Waals surface area contributed by atoms with Crippen molar-refractivity contribution in [2.24, 2.45) is 22.7 Å². The van der Waals surface area contributed by atoms with E-state index < -0.39 is 10.1 Å². The molecule has 384 valence electrons. The number of phenols is 1. The monoisotopic (exact) mass is 995 g/mol. The molecule has 2 aliphatic rings. The third kappa shape index (κ3) is 18.2. The number of nitrogens with one attached hydrogen (secondary N) is 2. The summed E-state index contributed by atoms with van der Waals surface area (Å²) in [7, 11) is -3.63. The van der Waals surface area contributed by atoms with E-state index in [0.717, 1.165) is 83.6 Å². The van der Waals surface area contributed by atoms with E-state index in [4.69, 9.17) is 8.92 Å². The summed E-state index contributed by atoms with van der Waals surface area (Å²) < 4.78 is 63.5. The molecule has 0 spiro atoms. The molecule has 2 saturated carbocycles. The van der Waals surface area contributed by atoms with Crippen molar-refractivity contribution in [1.29, 1.82) is 0 Å². The molecule has 0 bridgehead atoms. The quantitative estimate of drug-likeness (QED) is 0.100. The molecule has 7 rings (SSSR count). The molecule has 2 aliphatic carbocycles. The summed E-state index contributed by atoms with van der Waals surface area (Å²) in [5.74, 6) is 1.65. The number of carbonyl (C=O) groups excluding carboxylic acids is 2. The van der Waals surface area contributed by atoms with Crippen LogP contribution in [0.5, 0.6) is 11.5 Å². The highest BCUT2D eigenvalue weighted by atomic mass is 32.2. The molecule has 12 heteroatoms. The summed E-state index contributed by atoms with van der Waals surface area (Å²) in [6.07, 6.45) is 9.62. The molecule has 0 aromatic heterocycles. The molecule has 0 saturated heterocycles. The molecule has 0 heterocycles. The lowest BCUT2D eigenvalue weighted by atomic mass is 9.72. The molecule has 9 nitrogen and oxygen atoms in total. The Morgan fingerprint density at radius 1 is 0.606 bits per heavy atom. The van der Waals surface area contributed by atoms with E-state index in [1.165, 1.54) is 44.9 Å². The lowest BCUT2D eigenvalue weighted by Crippen LogP contribution is -2.30. The number of aromatic hydroxyl groups is 1. The minimum atomic E-state index is -3.63. The second-order valence-corrected chi connectivity index (χ2v) is 22.9. The van der Waals surface area contributed by atoms with Crippen molar-refractivity contribution in [1.82, 2.24) is 10.6 Å². The van der Waals surface area contributed by atoms with Gasteiger partial charge >= 0.3 is 0 Å². The van der Waals surface area contributed by atoms with Crippen LogP contribution in [0, 0.1) is 41.2 Å². The molecule has 0 unspecified atom stereocenters. The normalized spacial score (nSPS) is 18.2. The lowest BCUT2D eigenvalue weighted by molar-refractivity contribution is -0.119. The highest BCUT2D eigenvalue weighted by Crippen LogP contribution is 2.41. The molecular formula is C59H76F2N2O7S. The van der Waals surface area contributed by atoms with Crippen molar-refractivity contribution in [2.45, 2.75) is 144 Å². The van der Waals surface area contributed by atoms with Crippen LogP contribution in [0.3, 0.4) is 0 Å². The minimum absolute atomic E-state index is 0.0480. The maximum atomic E-state index is 13.9. The molecule has 0 radical (unpaired) electrons. The smallest absolute Gasteiger partial charge is 0.297 e. The molecule has 3 N–H and O–H groups in total. The van der Waals surface area contributed by atoms with Gasteiger partial charge in [0.15, 0.2) is 0 Å². The van der Waals surface area contributed by atoms with E-state index in [9.17, 15) is 31.9 Å². The predicted octanol–water partition coefficient (Wildman–Crippen LogP) is 13.3. The fraction of sp³-hybridized carbons (Fsp3) is 0.458. The fourth-order valence-electron chi connectivity index (χ4n) is 9.43. The molecule has 2 amide bonds. The number of halogens is 2. The molecule has 2 fully saturated rings. The molecular weight excluding hydrogens is 919 g/mol. The van der Waals surface area contributed by atoms with Gasteiger partial charge in [-0.15, -0.1) is 0 Å². The van der Waals surface area contributed by atoms with Crippen LogP contribution in [0.2, 0.25) is 0 Å². The number of benzene rings is 5. The zero-order valence-electron chi connectivity index (χ0n) is 43.2. The number of aryl methyl sites for hydroxylation is 1. The summed E-state index contributed by atoms with van der Waals surface area (Å²) in [6, 6.07) is 30.8. The van der Waals surface area contributed by atoms with Gasteiger partial charge in [0.25, 0.3) is 10.1 Å². The number of hydrogen-bond acceptors (Lipinski definition) is 7. The summed E-state index contributed by atoms with van der Waals surface area (Å²) in [6.45, 7) is 19.7. The zero-order chi connectivity index (χ0) is 51.9. The van der Waals surface area contributed by atoms with Crippen molar-refractivity contribution in [3.05, 3.63) is 138 Å². The van der Waals surface area contributed by atoms with Crippen molar-refractivity contribution >= 4 is 21.9 Å². The number of carbonyl (C=O) groups is 2. The SMILES string of the molecule is CC(=O)NCCc1ccc(O)cc1-c1cccc(F)c1.CC(=O)NCCc1ccc(OC2CCC(C(C)(C)C)CC2)cc1-c1cccc(F)c1.Cc1ccc(S(=O)(=O)OC2CCC(C(C)(C)C)CC2)cc1. The van der Waals surface area contributed by atoms with E-state index in [2.05, 4.69) is 52.2 Å². The Morgan fingerprint density at radius 3 is 1.51 bits per heavy atom. The van der Waals surface area contributed by atoms with Crippen molar-refractivity contribution < 1.29 is 40.8 Å². The summed E-state index contributed by atoms with van der Waals surface area (Å²) in [5.41, 5.74) is 6.97. The molecule has 5 aromatic rings. The van der Waals surface area contributed by atoms with Crippen LogP contribution in [-0.4, -0.2) is 50.6 Å². The number of ether oxygens (including phenoxy) is 1. The van der Waals surface area contributed by atoms with Crippen LogP contribution < -0.4 is 15.4 Å². The first-order valence-corrected chi connectivity index (χ1v) is 26.5. The number of hydrogen-bond donors (Lipinski definition) is 3. The Hall–Kier alpha value is -5.59. The van der Waals surface area contributed by atoms with Crippen LogP contribution in [0.25, 0.3) is 22.3 Å². The summed E-state index contributed by atoms with van der Waals surface area (Å²) in [5, 5.41) is 15.2. The Labute approximate surface area is 422 Å². The van der Waals surface area contributed by atoms with E-state index in [1.54, 1.807) is 66.7 Å². The number of phenolic OH excluding ortho intramolecular Hbond substituents is 1. The highest BCUT2D eigenvalue weighted by molar-refractivity contribution is 7.86. The highest BCUT2D eigenvalue weighted by Gasteiger charge is 2.33. The van der Waals surface area contributed by atoms with E-state index >= 15 is 0 Å². The van der Waals surface area contributed by atoms with Crippen LogP contribution in [0.4, 0.5) is 8.78 Å². The Balaban J connectivity index is 0.000000204. The summed E-state index contributed by atoms with van der Waals surface area (Å²) in [4.78, 5) is 22.4. The first-order valence-electron chi connectivity index (χ1n) is 25.1. The average molecular weight is 995 g/mol. The second kappa shape index (κ2) is 25.7.